The van der Waals surface area contributed by atoms with Gasteiger partial charge in [-0.05, 0) is 23.6 Å². The molecule has 0 atom stereocenters. The predicted octanol–water partition coefficient (Wildman–Crippen LogP) is 2.73. The fourth-order valence-electron chi connectivity index (χ4n) is 1.50. The second-order valence-corrected chi connectivity index (χ2v) is 4.35. The number of rotatable bonds is 2. The van der Waals surface area contributed by atoms with E-state index >= 15 is 0 Å². The van der Waals surface area contributed by atoms with Crippen LogP contribution >= 0.6 is 11.3 Å². The van der Waals surface area contributed by atoms with Gasteiger partial charge in [-0.3, -0.25) is 4.98 Å². The second-order valence-electron chi connectivity index (χ2n) is 3.43. The van der Waals surface area contributed by atoms with Gasteiger partial charge >= 0.3 is 0 Å². The Labute approximate surface area is 106 Å². The van der Waals surface area contributed by atoms with E-state index in [0.717, 1.165) is 5.56 Å². The average Bonchev–Trinajstić information content (AvgIpc) is 3.08. The van der Waals surface area contributed by atoms with Crippen LogP contribution in [0.5, 0.6) is 0 Å². The highest BCUT2D eigenvalue weighted by atomic mass is 32.1. The summed E-state index contributed by atoms with van der Waals surface area (Å²) in [6, 6.07) is 7.53. The van der Waals surface area contributed by atoms with Gasteiger partial charge in [0, 0.05) is 12.4 Å². The number of pyridine rings is 1. The molecule has 0 aliphatic heterocycles. The van der Waals surface area contributed by atoms with E-state index in [1.807, 2.05) is 11.4 Å². The first-order chi connectivity index (χ1) is 8.88. The number of nitrogens with zero attached hydrogens (tertiary/aromatic N) is 4. The van der Waals surface area contributed by atoms with Gasteiger partial charge in [-0.15, -0.1) is 21.5 Å². The molecule has 3 aromatic heterocycles. The maximum atomic E-state index is 8.95. The van der Waals surface area contributed by atoms with Crippen molar-refractivity contribution in [2.45, 2.75) is 0 Å². The molecule has 0 N–H and O–H groups in total. The minimum atomic E-state index is 0.353. The molecule has 0 saturated carbocycles. The zero-order valence-electron chi connectivity index (χ0n) is 9.07. The topological polar surface area (TPSA) is 75.6 Å². The molecule has 0 fully saturated rings. The lowest BCUT2D eigenvalue weighted by Crippen LogP contribution is -1.78. The summed E-state index contributed by atoms with van der Waals surface area (Å²) in [7, 11) is 0. The number of hydrogen-bond acceptors (Lipinski definition) is 6. The van der Waals surface area contributed by atoms with Gasteiger partial charge in [0.05, 0.1) is 11.1 Å². The van der Waals surface area contributed by atoms with Crippen molar-refractivity contribution in [1.82, 2.24) is 15.2 Å². The summed E-state index contributed by atoms with van der Waals surface area (Å²) in [6.45, 7) is 0. The van der Waals surface area contributed by atoms with Crippen LogP contribution in [-0.2, 0) is 0 Å². The highest BCUT2D eigenvalue weighted by Crippen LogP contribution is 2.28. The van der Waals surface area contributed by atoms with Crippen LogP contribution < -0.4 is 0 Å². The van der Waals surface area contributed by atoms with Crippen molar-refractivity contribution in [3.63, 3.8) is 0 Å². The summed E-state index contributed by atoms with van der Waals surface area (Å²) >= 11 is 1.35. The summed E-state index contributed by atoms with van der Waals surface area (Å²) in [5.41, 5.74) is 1.43. The molecule has 18 heavy (non-hydrogen) atoms. The van der Waals surface area contributed by atoms with Crippen molar-refractivity contribution >= 4 is 11.3 Å². The molecule has 0 unspecified atom stereocenters. The highest BCUT2D eigenvalue weighted by Gasteiger charge is 2.14. The highest BCUT2D eigenvalue weighted by molar-refractivity contribution is 7.11. The maximum absolute atomic E-state index is 8.95. The Balaban J connectivity index is 2.03. The number of aromatic nitrogens is 3. The number of hydrogen-bond donors (Lipinski definition) is 0. The zero-order chi connectivity index (χ0) is 12.4. The normalized spacial score (nSPS) is 10.2. The van der Waals surface area contributed by atoms with Gasteiger partial charge in [-0.25, -0.2) is 0 Å². The third-order valence-electron chi connectivity index (χ3n) is 2.33. The Kier molecular flexibility index (Phi) is 2.59. The van der Waals surface area contributed by atoms with Crippen molar-refractivity contribution in [2.75, 3.05) is 0 Å². The Bertz CT molecular complexity index is 711. The molecule has 0 saturated heterocycles. The Hall–Kier alpha value is -2.52. The van der Waals surface area contributed by atoms with Crippen LogP contribution in [0.2, 0.25) is 0 Å². The van der Waals surface area contributed by atoms with Gasteiger partial charge in [0.2, 0.25) is 11.8 Å². The van der Waals surface area contributed by atoms with E-state index in [1.165, 1.54) is 11.3 Å². The first-order valence-electron chi connectivity index (χ1n) is 5.10. The Morgan fingerprint density at radius 3 is 2.89 bits per heavy atom. The van der Waals surface area contributed by atoms with E-state index in [-0.39, 0.29) is 0 Å². The monoisotopic (exact) mass is 254 g/mol. The van der Waals surface area contributed by atoms with Crippen LogP contribution in [-0.4, -0.2) is 15.2 Å². The molecule has 0 aromatic carbocycles. The minimum absolute atomic E-state index is 0.353. The maximum Gasteiger partial charge on any atom is 0.250 e. The first-order valence-corrected chi connectivity index (χ1v) is 5.98. The second kappa shape index (κ2) is 4.39. The smallest absolute Gasteiger partial charge is 0.250 e. The van der Waals surface area contributed by atoms with Gasteiger partial charge in [0.15, 0.2) is 0 Å². The summed E-state index contributed by atoms with van der Waals surface area (Å²) in [4.78, 5) is 4.55. The summed E-state index contributed by atoms with van der Waals surface area (Å²) in [5.74, 6) is 0.750. The lowest BCUT2D eigenvalue weighted by Gasteiger charge is -1.92. The van der Waals surface area contributed by atoms with Crippen LogP contribution in [0.25, 0.3) is 22.9 Å². The molecule has 0 aliphatic rings. The van der Waals surface area contributed by atoms with Crippen LogP contribution in [0.15, 0.2) is 40.4 Å². The molecule has 0 radical (unpaired) electrons. The molecule has 0 aliphatic carbocycles. The van der Waals surface area contributed by atoms with Crippen molar-refractivity contribution in [3.05, 3.63) is 40.8 Å². The van der Waals surface area contributed by atoms with Crippen LogP contribution in [0.3, 0.4) is 0 Å². The number of nitriles is 1. The molecule has 3 rings (SSSR count). The fourth-order valence-corrected chi connectivity index (χ4v) is 2.18. The lowest BCUT2D eigenvalue weighted by molar-refractivity contribution is 0.584. The lowest BCUT2D eigenvalue weighted by atomic mass is 10.2. The van der Waals surface area contributed by atoms with Gasteiger partial charge in [-0.2, -0.15) is 5.26 Å². The third kappa shape index (κ3) is 1.77. The molecule has 86 valence electrons. The van der Waals surface area contributed by atoms with Gasteiger partial charge < -0.3 is 4.42 Å². The van der Waals surface area contributed by atoms with Crippen molar-refractivity contribution in [1.29, 1.82) is 5.26 Å². The Morgan fingerprint density at radius 1 is 1.22 bits per heavy atom. The molecule has 3 heterocycles. The third-order valence-corrected chi connectivity index (χ3v) is 3.15. The summed E-state index contributed by atoms with van der Waals surface area (Å²) in [5, 5.41) is 18.7. The summed E-state index contributed by atoms with van der Waals surface area (Å²) < 4.78 is 5.55. The summed E-state index contributed by atoms with van der Waals surface area (Å²) in [6.07, 6.45) is 3.32. The van der Waals surface area contributed by atoms with E-state index < -0.39 is 0 Å². The van der Waals surface area contributed by atoms with E-state index in [4.69, 9.17) is 9.68 Å². The van der Waals surface area contributed by atoms with Crippen molar-refractivity contribution in [3.8, 4) is 29.0 Å². The Morgan fingerprint density at radius 2 is 2.11 bits per heavy atom. The van der Waals surface area contributed by atoms with E-state index in [1.54, 1.807) is 24.5 Å². The van der Waals surface area contributed by atoms with Crippen LogP contribution in [0, 0.1) is 11.3 Å². The van der Waals surface area contributed by atoms with Crippen molar-refractivity contribution < 1.29 is 4.42 Å². The predicted molar refractivity (Wildman–Crippen MR) is 65.6 cm³/mol. The quantitative estimate of drug-likeness (QED) is 0.702. The molecule has 0 bridgehead atoms. The standard InChI is InChI=1S/C12H6N4OS/c13-6-10-9(3-5-18-10)12-16-15-11(17-12)8-2-1-4-14-7-8/h1-5,7H. The van der Waals surface area contributed by atoms with Gasteiger partial charge in [0.25, 0.3) is 0 Å². The molecule has 0 amide bonds. The zero-order valence-corrected chi connectivity index (χ0v) is 9.89. The van der Waals surface area contributed by atoms with E-state index in [2.05, 4.69) is 21.3 Å². The van der Waals surface area contributed by atoms with E-state index in [9.17, 15) is 0 Å². The van der Waals surface area contributed by atoms with Crippen LogP contribution in [0.1, 0.15) is 4.88 Å². The first kappa shape index (κ1) is 10.6. The molecular weight excluding hydrogens is 248 g/mol. The fraction of sp³-hybridized carbons (Fsp3) is 0. The SMILES string of the molecule is N#Cc1sccc1-c1nnc(-c2cccnc2)o1. The molecule has 3 aromatic rings. The largest absolute Gasteiger partial charge is 0.416 e. The average molecular weight is 254 g/mol. The minimum Gasteiger partial charge on any atom is -0.416 e. The molecule has 6 heteroatoms. The number of thiophene rings is 1. The molecule has 5 nitrogen and oxygen atoms in total. The van der Waals surface area contributed by atoms with Gasteiger partial charge in [-0.1, -0.05) is 0 Å². The molecular formula is C12H6N4OS. The van der Waals surface area contributed by atoms with Crippen molar-refractivity contribution in [2.24, 2.45) is 0 Å². The van der Waals surface area contributed by atoms with E-state index in [0.29, 0.717) is 22.2 Å². The van der Waals surface area contributed by atoms with Gasteiger partial charge in [0.1, 0.15) is 10.9 Å². The van der Waals surface area contributed by atoms with Crippen LogP contribution in [0.4, 0.5) is 0 Å². The molecule has 0 spiro atoms.